The highest BCUT2D eigenvalue weighted by Gasteiger charge is 2.07. The number of rotatable bonds is 4. The third-order valence-corrected chi connectivity index (χ3v) is 4.02. The fraction of sp³-hybridized carbons (Fsp3) is 0.167. The zero-order chi connectivity index (χ0) is 13.1. The summed E-state index contributed by atoms with van der Waals surface area (Å²) in [7, 11) is 1.43. The van der Waals surface area contributed by atoms with Crippen LogP contribution < -0.4 is 10.1 Å². The molecule has 0 saturated carbocycles. The van der Waals surface area contributed by atoms with Gasteiger partial charge in [-0.25, -0.2) is 4.39 Å². The molecule has 0 aliphatic carbocycles. The van der Waals surface area contributed by atoms with Gasteiger partial charge in [-0.15, -0.1) is 0 Å². The largest absolute Gasteiger partial charge is 0.494 e. The number of benzene rings is 1. The lowest BCUT2D eigenvalue weighted by molar-refractivity contribution is 0.387. The molecular weight excluding hydrogens is 369 g/mol. The van der Waals surface area contributed by atoms with E-state index in [4.69, 9.17) is 9.15 Å². The third-order valence-electron chi connectivity index (χ3n) is 2.31. The Bertz CT molecular complexity index is 538. The topological polar surface area (TPSA) is 34.4 Å². The summed E-state index contributed by atoms with van der Waals surface area (Å²) in [6.07, 6.45) is 0. The predicted molar refractivity (Wildman–Crippen MR) is 74.4 cm³/mol. The summed E-state index contributed by atoms with van der Waals surface area (Å²) in [6, 6.07) is 6.46. The lowest BCUT2D eigenvalue weighted by Gasteiger charge is -2.07. The van der Waals surface area contributed by atoms with E-state index in [1.54, 1.807) is 12.1 Å². The van der Waals surface area contributed by atoms with Crippen LogP contribution in [-0.4, -0.2) is 7.11 Å². The van der Waals surface area contributed by atoms with Gasteiger partial charge in [-0.1, -0.05) is 0 Å². The van der Waals surface area contributed by atoms with Gasteiger partial charge in [0.2, 0.25) is 0 Å². The molecule has 0 atom stereocenters. The molecule has 1 aromatic heterocycles. The second kappa shape index (κ2) is 5.75. The van der Waals surface area contributed by atoms with E-state index in [0.717, 1.165) is 15.9 Å². The van der Waals surface area contributed by atoms with Crippen LogP contribution in [0.4, 0.5) is 10.1 Å². The molecule has 3 nitrogen and oxygen atoms in total. The molecule has 0 unspecified atom stereocenters. The summed E-state index contributed by atoms with van der Waals surface area (Å²) in [6.45, 7) is 0.499. The average Bonchev–Trinajstić information content (AvgIpc) is 2.68. The molecule has 6 heteroatoms. The zero-order valence-corrected chi connectivity index (χ0v) is 12.6. The smallest absolute Gasteiger partial charge is 0.183 e. The van der Waals surface area contributed by atoms with E-state index < -0.39 is 0 Å². The van der Waals surface area contributed by atoms with Crippen molar-refractivity contribution in [1.29, 1.82) is 0 Å². The van der Waals surface area contributed by atoms with Crippen LogP contribution >= 0.6 is 31.9 Å². The van der Waals surface area contributed by atoms with Gasteiger partial charge in [0, 0.05) is 11.8 Å². The first kappa shape index (κ1) is 13.4. The van der Waals surface area contributed by atoms with Crippen LogP contribution in [0.15, 0.2) is 37.8 Å². The molecule has 0 aliphatic heterocycles. The molecule has 0 amide bonds. The highest BCUT2D eigenvalue weighted by molar-refractivity contribution is 9.13. The highest BCUT2D eigenvalue weighted by Crippen LogP contribution is 2.27. The van der Waals surface area contributed by atoms with Gasteiger partial charge >= 0.3 is 0 Å². The number of furan rings is 1. The van der Waals surface area contributed by atoms with E-state index in [-0.39, 0.29) is 11.6 Å². The molecule has 18 heavy (non-hydrogen) atoms. The monoisotopic (exact) mass is 377 g/mol. The Labute approximate surface area is 121 Å². The Hall–Kier alpha value is -1.01. The van der Waals surface area contributed by atoms with Crippen molar-refractivity contribution in [1.82, 2.24) is 0 Å². The van der Waals surface area contributed by atoms with Gasteiger partial charge in [0.05, 0.1) is 18.1 Å². The van der Waals surface area contributed by atoms with Crippen LogP contribution in [0.1, 0.15) is 5.76 Å². The maximum atomic E-state index is 13.2. The molecule has 0 fully saturated rings. The fourth-order valence-corrected chi connectivity index (χ4v) is 2.10. The van der Waals surface area contributed by atoms with Crippen molar-refractivity contribution >= 4 is 37.5 Å². The van der Waals surface area contributed by atoms with Gasteiger partial charge in [0.15, 0.2) is 16.2 Å². The number of hydrogen-bond acceptors (Lipinski definition) is 3. The molecule has 0 bridgehead atoms. The minimum Gasteiger partial charge on any atom is -0.494 e. The normalized spacial score (nSPS) is 10.4. The van der Waals surface area contributed by atoms with E-state index in [9.17, 15) is 4.39 Å². The molecule has 0 radical (unpaired) electrons. The van der Waals surface area contributed by atoms with Crippen molar-refractivity contribution in [3.8, 4) is 5.75 Å². The van der Waals surface area contributed by atoms with Crippen molar-refractivity contribution in [2.24, 2.45) is 0 Å². The molecule has 1 N–H and O–H groups in total. The van der Waals surface area contributed by atoms with Crippen LogP contribution in [0.2, 0.25) is 0 Å². The van der Waals surface area contributed by atoms with Gasteiger partial charge in [0.25, 0.3) is 0 Å². The molecule has 1 aromatic carbocycles. The van der Waals surface area contributed by atoms with Crippen LogP contribution in [0.3, 0.4) is 0 Å². The standard InChI is InChI=1S/C12H10Br2FNO2/c1-17-11-4-7(2-3-10(11)15)16-6-8-5-9(13)12(14)18-8/h2-5,16H,6H2,1H3. The first-order chi connectivity index (χ1) is 8.60. The molecule has 1 heterocycles. The van der Waals surface area contributed by atoms with E-state index in [1.807, 2.05) is 6.07 Å². The maximum absolute atomic E-state index is 13.2. The van der Waals surface area contributed by atoms with Crippen molar-refractivity contribution in [2.45, 2.75) is 6.54 Å². The van der Waals surface area contributed by atoms with Crippen molar-refractivity contribution in [3.63, 3.8) is 0 Å². The van der Waals surface area contributed by atoms with E-state index >= 15 is 0 Å². The lowest BCUT2D eigenvalue weighted by atomic mass is 10.3. The Morgan fingerprint density at radius 2 is 2.11 bits per heavy atom. The summed E-state index contributed by atoms with van der Waals surface area (Å²) in [5.74, 6) is 0.588. The molecule has 96 valence electrons. The van der Waals surface area contributed by atoms with Crippen molar-refractivity contribution < 1.29 is 13.5 Å². The third kappa shape index (κ3) is 3.05. The van der Waals surface area contributed by atoms with E-state index in [2.05, 4.69) is 37.2 Å². The second-order valence-corrected chi connectivity index (χ2v) is 5.11. The first-order valence-electron chi connectivity index (χ1n) is 5.11. The summed E-state index contributed by atoms with van der Waals surface area (Å²) < 4.78 is 25.0. The van der Waals surface area contributed by atoms with Crippen molar-refractivity contribution in [2.75, 3.05) is 12.4 Å². The number of halogens is 3. The molecule has 0 aliphatic rings. The van der Waals surface area contributed by atoms with Gasteiger partial charge in [-0.05, 0) is 50.1 Å². The van der Waals surface area contributed by atoms with Gasteiger partial charge in [-0.3, -0.25) is 0 Å². The van der Waals surface area contributed by atoms with E-state index in [0.29, 0.717) is 11.2 Å². The summed E-state index contributed by atoms with van der Waals surface area (Å²) in [4.78, 5) is 0. The zero-order valence-electron chi connectivity index (χ0n) is 9.47. The minimum absolute atomic E-state index is 0.210. The van der Waals surface area contributed by atoms with E-state index in [1.165, 1.54) is 13.2 Å². The maximum Gasteiger partial charge on any atom is 0.183 e. The Balaban J connectivity index is 2.06. The minimum atomic E-state index is -0.383. The second-order valence-electron chi connectivity index (χ2n) is 3.54. The number of anilines is 1. The lowest BCUT2D eigenvalue weighted by Crippen LogP contribution is -1.99. The molecular formula is C12H10Br2FNO2. The van der Waals surface area contributed by atoms with Crippen LogP contribution in [0, 0.1) is 5.82 Å². The molecule has 0 saturated heterocycles. The van der Waals surface area contributed by atoms with Gasteiger partial charge < -0.3 is 14.5 Å². The van der Waals surface area contributed by atoms with Gasteiger partial charge in [0.1, 0.15) is 5.76 Å². The number of hydrogen-bond donors (Lipinski definition) is 1. The number of ether oxygens (including phenoxy) is 1. The average molecular weight is 379 g/mol. The Kier molecular flexibility index (Phi) is 4.29. The number of methoxy groups -OCH3 is 1. The summed E-state index contributed by atoms with van der Waals surface area (Å²) >= 11 is 6.60. The van der Waals surface area contributed by atoms with Gasteiger partial charge in [-0.2, -0.15) is 0 Å². The SMILES string of the molecule is COc1cc(NCc2cc(Br)c(Br)o2)ccc1F. The van der Waals surface area contributed by atoms with Crippen LogP contribution in [0.5, 0.6) is 5.75 Å². The summed E-state index contributed by atoms with van der Waals surface area (Å²) in [5, 5.41) is 3.12. The summed E-state index contributed by atoms with van der Waals surface area (Å²) in [5.41, 5.74) is 0.761. The van der Waals surface area contributed by atoms with Crippen LogP contribution in [-0.2, 0) is 6.54 Å². The molecule has 0 spiro atoms. The Morgan fingerprint density at radius 3 is 2.72 bits per heavy atom. The number of nitrogens with one attached hydrogen (secondary N) is 1. The van der Waals surface area contributed by atoms with Crippen molar-refractivity contribution in [3.05, 3.63) is 45.0 Å². The molecule has 2 aromatic rings. The predicted octanol–water partition coefficient (Wildman–Crippen LogP) is 4.56. The first-order valence-corrected chi connectivity index (χ1v) is 6.70. The Morgan fingerprint density at radius 1 is 1.33 bits per heavy atom. The molecule has 2 rings (SSSR count). The quantitative estimate of drug-likeness (QED) is 0.846. The highest BCUT2D eigenvalue weighted by atomic mass is 79.9. The van der Waals surface area contributed by atoms with Crippen LogP contribution in [0.25, 0.3) is 0 Å². The fourth-order valence-electron chi connectivity index (χ4n) is 1.44.